The molecule has 6 nitrogen and oxygen atoms in total. The predicted molar refractivity (Wildman–Crippen MR) is 97.1 cm³/mol. The zero-order chi connectivity index (χ0) is 17.6. The number of rotatable bonds is 6. The predicted octanol–water partition coefficient (Wildman–Crippen LogP) is 1.95. The molecule has 3 rings (SSSR count). The van der Waals surface area contributed by atoms with Gasteiger partial charge < -0.3 is 4.90 Å². The van der Waals surface area contributed by atoms with Crippen molar-refractivity contribution in [1.82, 2.24) is 25.0 Å². The van der Waals surface area contributed by atoms with Crippen LogP contribution in [0, 0.1) is 6.92 Å². The number of nitrogens with one attached hydrogen (secondary N) is 1. The molecule has 0 unspecified atom stereocenters. The Balaban J connectivity index is 1.41. The molecule has 1 aromatic carbocycles. The molecule has 1 saturated heterocycles. The molecule has 1 aromatic heterocycles. The van der Waals surface area contributed by atoms with Gasteiger partial charge in [-0.2, -0.15) is 5.10 Å². The zero-order valence-electron chi connectivity index (χ0n) is 15.2. The van der Waals surface area contributed by atoms with Gasteiger partial charge in [0.15, 0.2) is 5.82 Å². The van der Waals surface area contributed by atoms with Crippen molar-refractivity contribution < 1.29 is 4.79 Å². The molecule has 1 fully saturated rings. The van der Waals surface area contributed by atoms with E-state index in [1.54, 1.807) is 0 Å². The van der Waals surface area contributed by atoms with E-state index in [1.165, 1.54) is 11.1 Å². The molecule has 2 aromatic rings. The highest BCUT2D eigenvalue weighted by Gasteiger charge is 2.21. The Bertz CT molecular complexity index is 686. The number of H-pyrrole nitrogens is 1. The first kappa shape index (κ1) is 17.6. The maximum Gasteiger partial charge on any atom is 0.222 e. The van der Waals surface area contributed by atoms with Crippen LogP contribution in [0.2, 0.25) is 0 Å². The minimum atomic E-state index is 0.257. The minimum absolute atomic E-state index is 0.257. The SMILES string of the molecule is CCc1ccc(CCC(=O)N2CCN(Cc3n[nH]c(C)n3)CC2)cc1. The molecule has 1 amide bonds. The molecule has 1 aliphatic rings. The maximum atomic E-state index is 12.4. The highest BCUT2D eigenvalue weighted by atomic mass is 16.2. The van der Waals surface area contributed by atoms with Crippen LogP contribution in [0.5, 0.6) is 0 Å². The maximum absolute atomic E-state index is 12.4. The van der Waals surface area contributed by atoms with Crippen molar-refractivity contribution in [1.29, 1.82) is 0 Å². The van der Waals surface area contributed by atoms with Crippen LogP contribution in [0.3, 0.4) is 0 Å². The summed E-state index contributed by atoms with van der Waals surface area (Å²) in [5.74, 6) is 1.93. The van der Waals surface area contributed by atoms with Crippen molar-refractivity contribution in [2.75, 3.05) is 26.2 Å². The molecule has 0 atom stereocenters. The minimum Gasteiger partial charge on any atom is -0.340 e. The van der Waals surface area contributed by atoms with Crippen LogP contribution in [-0.2, 0) is 24.2 Å². The topological polar surface area (TPSA) is 65.1 Å². The zero-order valence-corrected chi connectivity index (χ0v) is 15.2. The number of hydrogen-bond acceptors (Lipinski definition) is 4. The van der Waals surface area contributed by atoms with E-state index in [9.17, 15) is 4.79 Å². The molecular formula is C19H27N5O. The summed E-state index contributed by atoms with van der Waals surface area (Å²) in [5, 5.41) is 7.05. The third-order valence-electron chi connectivity index (χ3n) is 4.79. The van der Waals surface area contributed by atoms with Gasteiger partial charge in [0.2, 0.25) is 5.91 Å². The second kappa shape index (κ2) is 8.25. The van der Waals surface area contributed by atoms with E-state index >= 15 is 0 Å². The lowest BCUT2D eigenvalue weighted by Gasteiger charge is -2.34. The van der Waals surface area contributed by atoms with Gasteiger partial charge in [0.25, 0.3) is 0 Å². The first-order valence-electron chi connectivity index (χ1n) is 9.10. The molecule has 0 saturated carbocycles. The van der Waals surface area contributed by atoms with Gasteiger partial charge in [0, 0.05) is 32.6 Å². The van der Waals surface area contributed by atoms with Crippen molar-refractivity contribution in [3.63, 3.8) is 0 Å². The van der Waals surface area contributed by atoms with Gasteiger partial charge in [0.1, 0.15) is 5.82 Å². The molecule has 0 radical (unpaired) electrons. The summed E-state index contributed by atoms with van der Waals surface area (Å²) in [7, 11) is 0. The molecule has 0 spiro atoms. The summed E-state index contributed by atoms with van der Waals surface area (Å²) >= 11 is 0. The number of piperazine rings is 1. The Kier molecular flexibility index (Phi) is 5.81. The van der Waals surface area contributed by atoms with Crippen LogP contribution in [-0.4, -0.2) is 57.1 Å². The Hall–Kier alpha value is -2.21. The molecule has 2 heterocycles. The molecule has 0 bridgehead atoms. The third kappa shape index (κ3) is 4.89. The summed E-state index contributed by atoms with van der Waals surface area (Å²) in [4.78, 5) is 21.1. The van der Waals surface area contributed by atoms with Crippen molar-refractivity contribution >= 4 is 5.91 Å². The Morgan fingerprint density at radius 2 is 1.80 bits per heavy atom. The molecule has 1 aliphatic heterocycles. The number of carbonyl (C=O) groups is 1. The molecule has 6 heteroatoms. The lowest BCUT2D eigenvalue weighted by Crippen LogP contribution is -2.48. The third-order valence-corrected chi connectivity index (χ3v) is 4.79. The molecular weight excluding hydrogens is 314 g/mol. The fourth-order valence-electron chi connectivity index (χ4n) is 3.17. The van der Waals surface area contributed by atoms with Crippen molar-refractivity contribution in [2.45, 2.75) is 39.7 Å². The normalized spacial score (nSPS) is 15.5. The number of aromatic nitrogens is 3. The summed E-state index contributed by atoms with van der Waals surface area (Å²) in [6.07, 6.45) is 2.46. The van der Waals surface area contributed by atoms with Crippen LogP contribution in [0.4, 0.5) is 0 Å². The van der Waals surface area contributed by atoms with Gasteiger partial charge >= 0.3 is 0 Å². The first-order chi connectivity index (χ1) is 12.1. The van der Waals surface area contributed by atoms with E-state index in [0.717, 1.165) is 57.2 Å². The van der Waals surface area contributed by atoms with Crippen molar-refractivity contribution in [3.05, 3.63) is 47.0 Å². The monoisotopic (exact) mass is 341 g/mol. The van der Waals surface area contributed by atoms with Crippen LogP contribution in [0.25, 0.3) is 0 Å². The van der Waals surface area contributed by atoms with Gasteiger partial charge in [-0.25, -0.2) is 4.98 Å². The van der Waals surface area contributed by atoms with Gasteiger partial charge in [-0.05, 0) is 30.9 Å². The van der Waals surface area contributed by atoms with Crippen molar-refractivity contribution in [3.8, 4) is 0 Å². The summed E-state index contributed by atoms with van der Waals surface area (Å²) in [5.41, 5.74) is 2.58. The van der Waals surface area contributed by atoms with Crippen LogP contribution < -0.4 is 0 Å². The Labute approximate surface area is 149 Å². The molecule has 0 aliphatic carbocycles. The first-order valence-corrected chi connectivity index (χ1v) is 9.10. The summed E-state index contributed by atoms with van der Waals surface area (Å²) in [6.45, 7) is 8.14. The highest BCUT2D eigenvalue weighted by molar-refractivity contribution is 5.76. The lowest BCUT2D eigenvalue weighted by molar-refractivity contribution is -0.133. The Morgan fingerprint density at radius 3 is 2.40 bits per heavy atom. The average molecular weight is 341 g/mol. The smallest absolute Gasteiger partial charge is 0.222 e. The fourth-order valence-corrected chi connectivity index (χ4v) is 3.17. The number of hydrogen-bond donors (Lipinski definition) is 1. The standard InChI is InChI=1S/C19H27N5O/c1-3-16-4-6-17(7-5-16)8-9-19(25)24-12-10-23(11-13-24)14-18-20-15(2)21-22-18/h4-7H,3,8-14H2,1-2H3,(H,20,21,22). The quantitative estimate of drug-likeness (QED) is 0.872. The van der Waals surface area contributed by atoms with Gasteiger partial charge in [-0.15, -0.1) is 0 Å². The number of nitrogens with zero attached hydrogens (tertiary/aromatic N) is 4. The van der Waals surface area contributed by atoms with Gasteiger partial charge in [-0.3, -0.25) is 14.8 Å². The number of carbonyl (C=O) groups excluding carboxylic acids is 1. The molecule has 25 heavy (non-hydrogen) atoms. The Morgan fingerprint density at radius 1 is 1.12 bits per heavy atom. The number of benzene rings is 1. The lowest BCUT2D eigenvalue weighted by atomic mass is 10.1. The van der Waals surface area contributed by atoms with Crippen LogP contribution in [0.1, 0.15) is 36.1 Å². The molecule has 134 valence electrons. The van der Waals surface area contributed by atoms with E-state index in [-0.39, 0.29) is 5.91 Å². The fraction of sp³-hybridized carbons (Fsp3) is 0.526. The van der Waals surface area contributed by atoms with E-state index in [4.69, 9.17) is 0 Å². The van der Waals surface area contributed by atoms with Gasteiger partial charge in [-0.1, -0.05) is 31.2 Å². The van der Waals surface area contributed by atoms with E-state index in [0.29, 0.717) is 6.42 Å². The summed E-state index contributed by atoms with van der Waals surface area (Å²) in [6, 6.07) is 8.60. The van der Waals surface area contributed by atoms with Crippen molar-refractivity contribution in [2.24, 2.45) is 0 Å². The molecule has 1 N–H and O–H groups in total. The van der Waals surface area contributed by atoms with E-state index in [2.05, 4.69) is 51.3 Å². The van der Waals surface area contributed by atoms with Crippen LogP contribution >= 0.6 is 0 Å². The van der Waals surface area contributed by atoms with Crippen LogP contribution in [0.15, 0.2) is 24.3 Å². The average Bonchev–Trinajstić information content (AvgIpc) is 3.05. The number of aromatic amines is 1. The second-order valence-corrected chi connectivity index (χ2v) is 6.66. The van der Waals surface area contributed by atoms with Gasteiger partial charge in [0.05, 0.1) is 6.54 Å². The van der Waals surface area contributed by atoms with E-state index in [1.807, 2.05) is 11.8 Å². The van der Waals surface area contributed by atoms with E-state index < -0.39 is 0 Å². The second-order valence-electron chi connectivity index (χ2n) is 6.66. The largest absolute Gasteiger partial charge is 0.340 e. The summed E-state index contributed by atoms with van der Waals surface area (Å²) < 4.78 is 0. The number of aryl methyl sites for hydroxylation is 3. The number of amides is 1. The highest BCUT2D eigenvalue weighted by Crippen LogP contribution is 2.11.